The topological polar surface area (TPSA) is 82.9 Å². The molecule has 7 nitrogen and oxygen atoms in total. The van der Waals surface area contributed by atoms with E-state index < -0.39 is 10.0 Å². The van der Waals surface area contributed by atoms with Crippen molar-refractivity contribution < 1.29 is 17.6 Å². The summed E-state index contributed by atoms with van der Waals surface area (Å²) in [5.74, 6) is -0.0145. The number of likely N-dealkylation sites (N-methyl/N-ethyl adjacent to an activating group) is 1. The van der Waals surface area contributed by atoms with Crippen LogP contribution in [0.3, 0.4) is 0 Å². The summed E-state index contributed by atoms with van der Waals surface area (Å²) in [5, 5.41) is 3.19. The Balaban J connectivity index is 2.28. The Kier molecular flexibility index (Phi) is 4.40. The number of nitrogens with zero attached hydrogens (tertiary/aromatic N) is 2. The molecule has 118 valence electrons. The standard InChI is InChI=1S/C13H21N3O4S/c1-9-12(21(18,19)15(2)3)7-11(20-9)13(17)16(4)10-5-6-14-8-10/h7,10,14H,5-6,8H2,1-4H3. The molecule has 1 aromatic heterocycles. The maximum atomic E-state index is 12.4. The minimum Gasteiger partial charge on any atom is -0.455 e. The van der Waals surface area contributed by atoms with Crippen LogP contribution in [0.5, 0.6) is 0 Å². The number of sulfonamides is 1. The third kappa shape index (κ3) is 2.97. The number of hydrogen-bond acceptors (Lipinski definition) is 5. The van der Waals surface area contributed by atoms with Crippen molar-refractivity contribution in [2.45, 2.75) is 24.3 Å². The van der Waals surface area contributed by atoms with Crippen molar-refractivity contribution >= 4 is 15.9 Å². The second-order valence-electron chi connectivity index (χ2n) is 5.38. The number of hydrogen-bond donors (Lipinski definition) is 1. The van der Waals surface area contributed by atoms with Crippen molar-refractivity contribution in [2.75, 3.05) is 34.2 Å². The average Bonchev–Trinajstić information content (AvgIpc) is 3.05. The summed E-state index contributed by atoms with van der Waals surface area (Å²) in [6, 6.07) is 1.42. The van der Waals surface area contributed by atoms with Crippen LogP contribution in [0.2, 0.25) is 0 Å². The van der Waals surface area contributed by atoms with E-state index in [0.29, 0.717) is 0 Å². The van der Waals surface area contributed by atoms with Gasteiger partial charge in [-0.3, -0.25) is 4.79 Å². The highest BCUT2D eigenvalue weighted by Crippen LogP contribution is 2.23. The second-order valence-corrected chi connectivity index (χ2v) is 7.50. The van der Waals surface area contributed by atoms with E-state index in [1.54, 1.807) is 18.9 Å². The molecule has 1 aliphatic heterocycles. The van der Waals surface area contributed by atoms with Gasteiger partial charge in [0, 0.05) is 39.8 Å². The van der Waals surface area contributed by atoms with Gasteiger partial charge in [0.25, 0.3) is 5.91 Å². The summed E-state index contributed by atoms with van der Waals surface area (Å²) in [6.07, 6.45) is 0.880. The molecule has 1 N–H and O–H groups in total. The Hall–Kier alpha value is -1.38. The molecule has 1 saturated heterocycles. The van der Waals surface area contributed by atoms with E-state index in [-0.39, 0.29) is 28.4 Å². The summed E-state index contributed by atoms with van der Waals surface area (Å²) in [7, 11) is 0.986. The lowest BCUT2D eigenvalue weighted by molar-refractivity contribution is 0.0710. The van der Waals surface area contributed by atoms with Crippen LogP contribution in [0.15, 0.2) is 15.4 Å². The van der Waals surface area contributed by atoms with E-state index in [0.717, 1.165) is 23.8 Å². The zero-order chi connectivity index (χ0) is 15.8. The zero-order valence-electron chi connectivity index (χ0n) is 12.7. The minimum atomic E-state index is -3.61. The van der Waals surface area contributed by atoms with Crippen LogP contribution >= 0.6 is 0 Å². The first-order chi connectivity index (χ1) is 9.75. The first-order valence-electron chi connectivity index (χ1n) is 6.76. The van der Waals surface area contributed by atoms with E-state index in [9.17, 15) is 13.2 Å². The Bertz CT molecular complexity index is 630. The number of nitrogens with one attached hydrogen (secondary N) is 1. The van der Waals surface area contributed by atoms with Crippen LogP contribution in [0.4, 0.5) is 0 Å². The monoisotopic (exact) mass is 315 g/mol. The molecule has 1 amide bonds. The number of rotatable bonds is 4. The molecule has 1 fully saturated rings. The summed E-state index contributed by atoms with van der Waals surface area (Å²) in [6.45, 7) is 3.16. The summed E-state index contributed by atoms with van der Waals surface area (Å²) in [4.78, 5) is 14.0. The van der Waals surface area contributed by atoms with Gasteiger partial charge in [-0.05, 0) is 19.9 Å². The van der Waals surface area contributed by atoms with Gasteiger partial charge in [0.05, 0.1) is 0 Å². The van der Waals surface area contributed by atoms with Gasteiger partial charge in [0.15, 0.2) is 5.76 Å². The third-order valence-corrected chi connectivity index (χ3v) is 5.67. The molecule has 0 radical (unpaired) electrons. The molecule has 2 heterocycles. The van der Waals surface area contributed by atoms with Gasteiger partial charge in [-0.1, -0.05) is 0 Å². The third-order valence-electron chi connectivity index (χ3n) is 3.74. The van der Waals surface area contributed by atoms with Crippen LogP contribution in [-0.2, 0) is 10.0 Å². The van der Waals surface area contributed by atoms with Gasteiger partial charge in [-0.15, -0.1) is 0 Å². The molecule has 1 aliphatic rings. The largest absolute Gasteiger partial charge is 0.455 e. The van der Waals surface area contributed by atoms with Crippen molar-refractivity contribution in [2.24, 2.45) is 0 Å². The van der Waals surface area contributed by atoms with Crippen LogP contribution in [0, 0.1) is 6.92 Å². The normalized spacial score (nSPS) is 19.2. The number of carbonyl (C=O) groups excluding carboxylic acids is 1. The fourth-order valence-electron chi connectivity index (χ4n) is 2.33. The first-order valence-corrected chi connectivity index (χ1v) is 8.20. The maximum absolute atomic E-state index is 12.4. The molecule has 0 saturated carbocycles. The maximum Gasteiger partial charge on any atom is 0.289 e. The quantitative estimate of drug-likeness (QED) is 0.862. The predicted octanol–water partition coefficient (Wildman–Crippen LogP) is 0.272. The lowest BCUT2D eigenvalue weighted by atomic mass is 10.2. The predicted molar refractivity (Wildman–Crippen MR) is 77.7 cm³/mol. The molecular formula is C13H21N3O4S. The number of carbonyl (C=O) groups is 1. The number of aryl methyl sites for hydroxylation is 1. The molecule has 0 aromatic carbocycles. The number of amides is 1. The van der Waals surface area contributed by atoms with Gasteiger partial charge in [0.1, 0.15) is 10.7 Å². The van der Waals surface area contributed by atoms with E-state index in [1.807, 2.05) is 0 Å². The van der Waals surface area contributed by atoms with Crippen molar-refractivity contribution in [1.82, 2.24) is 14.5 Å². The highest BCUT2D eigenvalue weighted by atomic mass is 32.2. The fourth-order valence-corrected chi connectivity index (χ4v) is 3.39. The van der Waals surface area contributed by atoms with Crippen LogP contribution in [0.1, 0.15) is 22.7 Å². The highest BCUT2D eigenvalue weighted by Gasteiger charge is 2.30. The second kappa shape index (κ2) is 5.78. The van der Waals surface area contributed by atoms with Gasteiger partial charge in [-0.2, -0.15) is 0 Å². The molecule has 1 aromatic rings. The van der Waals surface area contributed by atoms with E-state index in [4.69, 9.17) is 4.42 Å². The highest BCUT2D eigenvalue weighted by molar-refractivity contribution is 7.89. The van der Waals surface area contributed by atoms with Gasteiger partial charge < -0.3 is 14.6 Å². The smallest absolute Gasteiger partial charge is 0.289 e. The van der Waals surface area contributed by atoms with Gasteiger partial charge in [-0.25, -0.2) is 12.7 Å². The molecule has 21 heavy (non-hydrogen) atoms. The van der Waals surface area contributed by atoms with E-state index in [1.165, 1.54) is 20.2 Å². The first kappa shape index (κ1) is 16.0. The molecular weight excluding hydrogens is 294 g/mol. The molecule has 2 rings (SSSR count). The Morgan fingerprint density at radius 2 is 2.05 bits per heavy atom. The SMILES string of the molecule is Cc1oc(C(=O)N(C)C2CCNC2)cc1S(=O)(=O)N(C)C. The fraction of sp³-hybridized carbons (Fsp3) is 0.615. The Morgan fingerprint density at radius 3 is 2.57 bits per heavy atom. The summed E-state index contributed by atoms with van der Waals surface area (Å²) in [5.41, 5.74) is 0. The average molecular weight is 315 g/mol. The van der Waals surface area contributed by atoms with E-state index >= 15 is 0 Å². The van der Waals surface area contributed by atoms with Crippen molar-refractivity contribution in [3.63, 3.8) is 0 Å². The molecule has 0 bridgehead atoms. The molecule has 0 spiro atoms. The van der Waals surface area contributed by atoms with Crippen LogP contribution < -0.4 is 5.32 Å². The molecule has 1 atom stereocenters. The van der Waals surface area contributed by atoms with Crippen LogP contribution in [-0.4, -0.2) is 63.8 Å². The minimum absolute atomic E-state index is 0.0359. The van der Waals surface area contributed by atoms with Crippen molar-refractivity contribution in [1.29, 1.82) is 0 Å². The molecule has 1 unspecified atom stereocenters. The Labute approximate surface area is 124 Å². The number of furan rings is 1. The van der Waals surface area contributed by atoms with Crippen molar-refractivity contribution in [3.8, 4) is 0 Å². The van der Waals surface area contributed by atoms with Crippen molar-refractivity contribution in [3.05, 3.63) is 17.6 Å². The summed E-state index contributed by atoms with van der Waals surface area (Å²) < 4.78 is 30.8. The summed E-state index contributed by atoms with van der Waals surface area (Å²) >= 11 is 0. The Morgan fingerprint density at radius 1 is 1.38 bits per heavy atom. The lowest BCUT2D eigenvalue weighted by Gasteiger charge is -2.22. The van der Waals surface area contributed by atoms with Gasteiger partial charge >= 0.3 is 0 Å². The lowest BCUT2D eigenvalue weighted by Crippen LogP contribution is -2.38. The van der Waals surface area contributed by atoms with E-state index in [2.05, 4.69) is 5.32 Å². The van der Waals surface area contributed by atoms with Gasteiger partial charge in [0.2, 0.25) is 10.0 Å². The molecule has 8 heteroatoms. The van der Waals surface area contributed by atoms with Crippen LogP contribution in [0.25, 0.3) is 0 Å². The zero-order valence-corrected chi connectivity index (χ0v) is 13.5. The molecule has 0 aliphatic carbocycles.